The molecule has 0 fully saturated rings. The van der Waals surface area contributed by atoms with Crippen LogP contribution in [0.1, 0.15) is 50.9 Å². The van der Waals surface area contributed by atoms with Crippen molar-refractivity contribution in [1.82, 2.24) is 4.68 Å². The summed E-state index contributed by atoms with van der Waals surface area (Å²) in [7, 11) is 0. The Hall–Kier alpha value is -0.920. The van der Waals surface area contributed by atoms with Gasteiger partial charge in [-0.15, -0.1) is 0 Å². The Morgan fingerprint density at radius 2 is 1.80 bits per heavy atom. The molecule has 0 aliphatic carbocycles. The lowest BCUT2D eigenvalue weighted by molar-refractivity contribution is 0.541. The van der Waals surface area contributed by atoms with E-state index in [1.54, 1.807) is 0 Å². The van der Waals surface area contributed by atoms with E-state index in [-0.39, 0.29) is 0 Å². The van der Waals surface area contributed by atoms with Crippen molar-refractivity contribution in [1.29, 1.82) is 0 Å². The van der Waals surface area contributed by atoms with Gasteiger partial charge < -0.3 is 5.43 Å². The van der Waals surface area contributed by atoms with Gasteiger partial charge in [0, 0.05) is 17.4 Å². The normalized spacial score (nSPS) is 12.8. The molecule has 1 rings (SSSR count). The molecule has 2 heteroatoms. The molecule has 1 unspecified atom stereocenters. The molecule has 0 saturated carbocycles. The molecule has 1 N–H and O–H groups in total. The van der Waals surface area contributed by atoms with Crippen molar-refractivity contribution in [2.24, 2.45) is 0 Å². The lowest BCUT2D eigenvalue weighted by Gasteiger charge is -2.21. The Morgan fingerprint density at radius 1 is 1.20 bits per heavy atom. The Balaban J connectivity index is 2.58. The van der Waals surface area contributed by atoms with E-state index in [0.29, 0.717) is 6.04 Å². The second-order valence-corrected chi connectivity index (χ2v) is 4.33. The average molecular weight is 208 g/mol. The molecule has 0 aromatic carbocycles. The van der Waals surface area contributed by atoms with Gasteiger partial charge in [0.2, 0.25) is 0 Å². The fourth-order valence-electron chi connectivity index (χ4n) is 1.87. The Morgan fingerprint density at radius 3 is 2.27 bits per heavy atom. The lowest BCUT2D eigenvalue weighted by Crippen LogP contribution is -2.28. The van der Waals surface area contributed by atoms with Crippen LogP contribution in [0.5, 0.6) is 0 Å². The average Bonchev–Trinajstić information content (AvgIpc) is 2.55. The summed E-state index contributed by atoms with van der Waals surface area (Å²) in [6.45, 7) is 8.79. The zero-order valence-electron chi connectivity index (χ0n) is 10.5. The van der Waals surface area contributed by atoms with Gasteiger partial charge in [-0.05, 0) is 38.8 Å². The van der Waals surface area contributed by atoms with Crippen molar-refractivity contribution in [3.8, 4) is 0 Å². The van der Waals surface area contributed by atoms with Crippen LogP contribution in [0.4, 0.5) is 0 Å². The highest BCUT2D eigenvalue weighted by Gasteiger charge is 2.07. The number of nitrogens with one attached hydrogen (secondary N) is 1. The molecule has 1 aromatic rings. The van der Waals surface area contributed by atoms with Crippen molar-refractivity contribution in [2.75, 3.05) is 5.43 Å². The summed E-state index contributed by atoms with van der Waals surface area (Å²) in [6, 6.07) is 4.93. The molecular formula is C13H24N2. The third-order valence-electron chi connectivity index (χ3n) is 2.98. The van der Waals surface area contributed by atoms with Gasteiger partial charge in [-0.1, -0.05) is 26.7 Å². The molecule has 0 amide bonds. The summed E-state index contributed by atoms with van der Waals surface area (Å²) in [5.74, 6) is 0. The summed E-state index contributed by atoms with van der Waals surface area (Å²) >= 11 is 0. The molecule has 0 radical (unpaired) electrons. The predicted octanol–water partition coefficient (Wildman–Crippen LogP) is 3.62. The minimum atomic E-state index is 0.606. The van der Waals surface area contributed by atoms with Gasteiger partial charge in [0.1, 0.15) is 0 Å². The maximum absolute atomic E-state index is 3.60. The first-order valence-corrected chi connectivity index (χ1v) is 6.10. The maximum Gasteiger partial charge on any atom is 0.0421 e. The molecular weight excluding hydrogens is 184 g/mol. The summed E-state index contributed by atoms with van der Waals surface area (Å²) in [5.41, 5.74) is 6.18. The van der Waals surface area contributed by atoms with Crippen LogP contribution in [0.3, 0.4) is 0 Å². The lowest BCUT2D eigenvalue weighted by atomic mass is 10.1. The standard InChI is InChI=1S/C13H24N2/c1-5-7-8-13(6-2)14-15-11(3)9-10-12(15)4/h9-10,13-14H,5-8H2,1-4H3. The van der Waals surface area contributed by atoms with E-state index in [4.69, 9.17) is 0 Å². The van der Waals surface area contributed by atoms with Crippen LogP contribution in [-0.2, 0) is 0 Å². The molecule has 86 valence electrons. The van der Waals surface area contributed by atoms with E-state index < -0.39 is 0 Å². The zero-order chi connectivity index (χ0) is 11.3. The molecule has 0 bridgehead atoms. The maximum atomic E-state index is 3.60. The topological polar surface area (TPSA) is 17.0 Å². The number of rotatable bonds is 6. The first-order chi connectivity index (χ1) is 7.19. The number of unbranched alkanes of at least 4 members (excludes halogenated alkanes) is 1. The second kappa shape index (κ2) is 5.84. The molecule has 1 atom stereocenters. The van der Waals surface area contributed by atoms with Crippen LogP contribution >= 0.6 is 0 Å². The molecule has 1 aromatic heterocycles. The van der Waals surface area contributed by atoms with Crippen molar-refractivity contribution in [3.63, 3.8) is 0 Å². The zero-order valence-corrected chi connectivity index (χ0v) is 10.5. The molecule has 0 aliphatic rings. The number of nitrogens with zero attached hydrogens (tertiary/aromatic N) is 1. The third-order valence-corrected chi connectivity index (χ3v) is 2.98. The molecule has 1 heterocycles. The number of aryl methyl sites for hydroxylation is 2. The van der Waals surface area contributed by atoms with Crippen molar-refractivity contribution >= 4 is 0 Å². The van der Waals surface area contributed by atoms with Gasteiger partial charge in [-0.2, -0.15) is 0 Å². The van der Waals surface area contributed by atoms with Crippen LogP contribution in [-0.4, -0.2) is 10.7 Å². The molecule has 0 spiro atoms. The van der Waals surface area contributed by atoms with Crippen molar-refractivity contribution in [2.45, 2.75) is 59.4 Å². The van der Waals surface area contributed by atoms with Crippen LogP contribution in [0.15, 0.2) is 12.1 Å². The quantitative estimate of drug-likeness (QED) is 0.755. The van der Waals surface area contributed by atoms with Crippen LogP contribution in [0.25, 0.3) is 0 Å². The first-order valence-electron chi connectivity index (χ1n) is 6.10. The van der Waals surface area contributed by atoms with E-state index >= 15 is 0 Å². The highest BCUT2D eigenvalue weighted by molar-refractivity contribution is 5.15. The van der Waals surface area contributed by atoms with Gasteiger partial charge in [-0.25, -0.2) is 0 Å². The van der Waals surface area contributed by atoms with Gasteiger partial charge in [0.25, 0.3) is 0 Å². The van der Waals surface area contributed by atoms with Crippen LogP contribution < -0.4 is 5.43 Å². The minimum absolute atomic E-state index is 0.606. The third kappa shape index (κ3) is 3.29. The summed E-state index contributed by atoms with van der Waals surface area (Å²) in [5, 5.41) is 0. The van der Waals surface area contributed by atoms with Gasteiger partial charge in [0.15, 0.2) is 0 Å². The Bertz CT molecular complexity index is 269. The van der Waals surface area contributed by atoms with Gasteiger partial charge in [0.05, 0.1) is 0 Å². The fourth-order valence-corrected chi connectivity index (χ4v) is 1.87. The summed E-state index contributed by atoms with van der Waals surface area (Å²) in [6.07, 6.45) is 5.05. The predicted molar refractivity (Wildman–Crippen MR) is 66.9 cm³/mol. The molecule has 0 saturated heterocycles. The largest absolute Gasteiger partial charge is 0.323 e. The van der Waals surface area contributed by atoms with Crippen molar-refractivity contribution < 1.29 is 0 Å². The smallest absolute Gasteiger partial charge is 0.0421 e. The monoisotopic (exact) mass is 208 g/mol. The molecule has 15 heavy (non-hydrogen) atoms. The van der Waals surface area contributed by atoms with Crippen molar-refractivity contribution in [3.05, 3.63) is 23.5 Å². The number of hydrogen-bond donors (Lipinski definition) is 1. The molecule has 2 nitrogen and oxygen atoms in total. The highest BCUT2D eigenvalue weighted by Crippen LogP contribution is 2.10. The molecule has 0 aliphatic heterocycles. The fraction of sp³-hybridized carbons (Fsp3) is 0.692. The summed E-state index contributed by atoms with van der Waals surface area (Å²) in [4.78, 5) is 0. The SMILES string of the molecule is CCCCC(CC)Nn1c(C)ccc1C. The van der Waals surface area contributed by atoms with E-state index in [9.17, 15) is 0 Å². The number of hydrogen-bond acceptors (Lipinski definition) is 1. The number of aromatic nitrogens is 1. The van der Waals surface area contributed by atoms with Gasteiger partial charge >= 0.3 is 0 Å². The van der Waals surface area contributed by atoms with E-state index in [1.807, 2.05) is 0 Å². The van der Waals surface area contributed by atoms with Gasteiger partial charge in [-0.3, -0.25) is 4.68 Å². The first kappa shape index (κ1) is 12.2. The van der Waals surface area contributed by atoms with E-state index in [0.717, 1.165) is 0 Å². The Labute approximate surface area is 93.7 Å². The second-order valence-electron chi connectivity index (χ2n) is 4.33. The van der Waals surface area contributed by atoms with Crippen LogP contribution in [0, 0.1) is 13.8 Å². The minimum Gasteiger partial charge on any atom is -0.323 e. The summed E-state index contributed by atoms with van der Waals surface area (Å²) < 4.78 is 2.21. The Kier molecular flexibility index (Phi) is 4.73. The van der Waals surface area contributed by atoms with E-state index in [2.05, 4.69) is 49.9 Å². The van der Waals surface area contributed by atoms with E-state index in [1.165, 1.54) is 37.1 Å². The highest BCUT2D eigenvalue weighted by atomic mass is 15.4. The van der Waals surface area contributed by atoms with Crippen LogP contribution in [0.2, 0.25) is 0 Å².